The van der Waals surface area contributed by atoms with Gasteiger partial charge in [-0.3, -0.25) is 4.99 Å². The fourth-order valence-electron chi connectivity index (χ4n) is 4.66. The van der Waals surface area contributed by atoms with Gasteiger partial charge in [-0.15, -0.1) is 0 Å². The summed E-state index contributed by atoms with van der Waals surface area (Å²) in [6.07, 6.45) is 3.66. The first-order valence-electron chi connectivity index (χ1n) is 11.9. The van der Waals surface area contributed by atoms with E-state index in [1.165, 1.54) is 6.07 Å². The molecule has 1 aromatic carbocycles. The molecule has 2 aliphatic rings. The van der Waals surface area contributed by atoms with Crippen LogP contribution in [-0.2, 0) is 5.41 Å². The van der Waals surface area contributed by atoms with E-state index in [2.05, 4.69) is 42.1 Å². The fourth-order valence-corrected chi connectivity index (χ4v) is 4.66. The summed E-state index contributed by atoms with van der Waals surface area (Å²) in [6, 6.07) is 6.92. The second kappa shape index (κ2) is 8.96. The second-order valence-electron chi connectivity index (χ2n) is 9.44. The van der Waals surface area contributed by atoms with Gasteiger partial charge in [-0.1, -0.05) is 13.8 Å². The first-order valence-corrected chi connectivity index (χ1v) is 11.9. The van der Waals surface area contributed by atoms with E-state index >= 15 is 0 Å². The summed E-state index contributed by atoms with van der Waals surface area (Å²) >= 11 is 0. The van der Waals surface area contributed by atoms with Crippen LogP contribution in [0.1, 0.15) is 32.8 Å². The van der Waals surface area contributed by atoms with E-state index in [0.29, 0.717) is 17.1 Å². The first kappa shape index (κ1) is 23.3. The lowest BCUT2D eigenvalue weighted by Crippen LogP contribution is -2.44. The Kier molecular flexibility index (Phi) is 5.96. The maximum atomic E-state index is 15.0. The summed E-state index contributed by atoms with van der Waals surface area (Å²) in [6.45, 7) is 9.90. The number of benzene rings is 1. The third kappa shape index (κ3) is 4.25. The molecule has 5 rings (SSSR count). The van der Waals surface area contributed by atoms with Gasteiger partial charge in [0.25, 0.3) is 0 Å². The number of nitrogens with one attached hydrogen (secondary N) is 1. The van der Waals surface area contributed by atoms with E-state index in [0.717, 1.165) is 55.8 Å². The van der Waals surface area contributed by atoms with Gasteiger partial charge >= 0.3 is 0 Å². The molecule has 7 nitrogen and oxygen atoms in total. The Labute approximate surface area is 204 Å². The van der Waals surface area contributed by atoms with E-state index in [9.17, 15) is 8.78 Å². The molecule has 4 heterocycles. The summed E-state index contributed by atoms with van der Waals surface area (Å²) in [4.78, 5) is 21.9. The lowest BCUT2D eigenvalue weighted by molar-refractivity contribution is 0.313. The highest BCUT2D eigenvalue weighted by molar-refractivity contribution is 6.00. The van der Waals surface area contributed by atoms with Crippen molar-refractivity contribution in [3.63, 3.8) is 0 Å². The highest BCUT2D eigenvalue weighted by Crippen LogP contribution is 2.45. The van der Waals surface area contributed by atoms with E-state index in [1.807, 2.05) is 39.1 Å². The van der Waals surface area contributed by atoms with Crippen molar-refractivity contribution in [2.75, 3.05) is 43.4 Å². The van der Waals surface area contributed by atoms with Gasteiger partial charge in [-0.2, -0.15) is 0 Å². The van der Waals surface area contributed by atoms with Crippen LogP contribution in [0.5, 0.6) is 0 Å². The number of nitrogens with zero attached hydrogens (tertiary/aromatic N) is 6. The summed E-state index contributed by atoms with van der Waals surface area (Å²) < 4.78 is 29.8. The molecular formula is C26H29F2N7. The number of rotatable bonds is 5. The monoisotopic (exact) mass is 477 g/mol. The topological polar surface area (TPSA) is 69.5 Å². The maximum absolute atomic E-state index is 15.0. The molecule has 1 atom stereocenters. The lowest BCUT2D eigenvalue weighted by Gasteiger charge is -2.33. The molecular weight excluding hydrogens is 448 g/mol. The molecule has 1 unspecified atom stereocenters. The predicted octanol–water partition coefficient (Wildman–Crippen LogP) is 5.09. The van der Waals surface area contributed by atoms with Crippen molar-refractivity contribution in [1.82, 2.24) is 19.9 Å². The van der Waals surface area contributed by atoms with Crippen molar-refractivity contribution in [1.29, 1.82) is 0 Å². The molecule has 35 heavy (non-hydrogen) atoms. The van der Waals surface area contributed by atoms with Crippen molar-refractivity contribution in [2.24, 2.45) is 4.99 Å². The van der Waals surface area contributed by atoms with Crippen molar-refractivity contribution >= 4 is 28.9 Å². The molecule has 3 aromatic rings. The van der Waals surface area contributed by atoms with Gasteiger partial charge in [0.15, 0.2) is 5.82 Å². The third-order valence-electron chi connectivity index (χ3n) is 7.32. The zero-order valence-corrected chi connectivity index (χ0v) is 20.4. The second-order valence-corrected chi connectivity index (χ2v) is 9.44. The van der Waals surface area contributed by atoms with Crippen LogP contribution in [0, 0.1) is 11.6 Å². The Morgan fingerprint density at radius 3 is 2.49 bits per heavy atom. The van der Waals surface area contributed by atoms with Crippen molar-refractivity contribution in [2.45, 2.75) is 32.6 Å². The van der Waals surface area contributed by atoms with Gasteiger partial charge in [-0.25, -0.2) is 23.7 Å². The Balaban J connectivity index is 1.40. The maximum Gasteiger partial charge on any atom is 0.229 e. The molecule has 2 aliphatic heterocycles. The van der Waals surface area contributed by atoms with E-state index in [1.54, 1.807) is 6.07 Å². The molecule has 0 amide bonds. The summed E-state index contributed by atoms with van der Waals surface area (Å²) in [5, 5.41) is 3.04. The molecule has 0 bridgehead atoms. The van der Waals surface area contributed by atoms with Gasteiger partial charge in [0.1, 0.15) is 23.0 Å². The standard InChI is InChI=1S/C26H29F2N7/c1-5-26(3)16(2)31-24-19(26)12-17(13-20(24)27)23-21(28)15-30-25(33-23)32-22-7-6-18(14-29-22)35-10-8-34(4)9-11-35/h6-7,12-15H,5,8-11H2,1-4H3,(H,29,30,32,33). The van der Waals surface area contributed by atoms with Crippen LogP contribution >= 0.6 is 0 Å². The first-order chi connectivity index (χ1) is 16.8. The smallest absolute Gasteiger partial charge is 0.229 e. The molecule has 2 aromatic heterocycles. The zero-order valence-electron chi connectivity index (χ0n) is 20.4. The minimum Gasteiger partial charge on any atom is -0.368 e. The molecule has 0 radical (unpaired) electrons. The van der Waals surface area contributed by atoms with E-state index in [-0.39, 0.29) is 11.6 Å². The highest BCUT2D eigenvalue weighted by Gasteiger charge is 2.37. The van der Waals surface area contributed by atoms with Crippen LogP contribution in [0.3, 0.4) is 0 Å². The molecule has 1 fully saturated rings. The molecule has 182 valence electrons. The van der Waals surface area contributed by atoms with Crippen LogP contribution in [0.15, 0.2) is 41.7 Å². The molecule has 1 N–H and O–H groups in total. The number of anilines is 3. The Morgan fingerprint density at radius 1 is 1.03 bits per heavy atom. The van der Waals surface area contributed by atoms with E-state index < -0.39 is 17.0 Å². The van der Waals surface area contributed by atoms with Crippen molar-refractivity contribution < 1.29 is 8.78 Å². The minimum absolute atomic E-state index is 0.0289. The molecule has 0 spiro atoms. The van der Waals surface area contributed by atoms with Gasteiger partial charge in [0, 0.05) is 42.9 Å². The Bertz CT molecular complexity index is 1280. The summed E-state index contributed by atoms with van der Waals surface area (Å²) in [7, 11) is 2.12. The predicted molar refractivity (Wildman–Crippen MR) is 135 cm³/mol. The van der Waals surface area contributed by atoms with Gasteiger partial charge < -0.3 is 15.1 Å². The largest absolute Gasteiger partial charge is 0.368 e. The number of piperazine rings is 1. The van der Waals surface area contributed by atoms with E-state index in [4.69, 9.17) is 0 Å². The number of hydrogen-bond acceptors (Lipinski definition) is 7. The Morgan fingerprint density at radius 2 is 1.80 bits per heavy atom. The van der Waals surface area contributed by atoms with Crippen LogP contribution in [0.4, 0.5) is 31.9 Å². The molecule has 9 heteroatoms. The normalized spacial score (nSPS) is 20.1. The summed E-state index contributed by atoms with van der Waals surface area (Å²) in [5.41, 5.74) is 2.96. The fraction of sp³-hybridized carbons (Fsp3) is 0.385. The highest BCUT2D eigenvalue weighted by atomic mass is 19.1. The molecule has 0 aliphatic carbocycles. The number of aliphatic imine (C=N–C) groups is 1. The van der Waals surface area contributed by atoms with Gasteiger partial charge in [0.05, 0.1) is 18.1 Å². The third-order valence-corrected chi connectivity index (χ3v) is 7.32. The number of fused-ring (bicyclic) bond motifs is 1. The Hall–Kier alpha value is -3.46. The number of likely N-dealkylation sites (N-methyl/N-ethyl adjacent to an activating group) is 1. The number of pyridine rings is 1. The SMILES string of the molecule is CCC1(C)C(C)=Nc2c(F)cc(-c3nc(Nc4ccc(N5CCN(C)CC5)cn4)ncc3F)cc21. The molecule has 1 saturated heterocycles. The van der Waals surface area contributed by atoms with Crippen LogP contribution in [0.25, 0.3) is 11.3 Å². The lowest BCUT2D eigenvalue weighted by atomic mass is 9.77. The van der Waals surface area contributed by atoms with Crippen LogP contribution < -0.4 is 10.2 Å². The van der Waals surface area contributed by atoms with Crippen LogP contribution in [0.2, 0.25) is 0 Å². The average Bonchev–Trinajstić information content (AvgIpc) is 3.12. The minimum atomic E-state index is -0.623. The van der Waals surface area contributed by atoms with Gasteiger partial charge in [-0.05, 0) is 50.2 Å². The quantitative estimate of drug-likeness (QED) is 0.552. The molecule has 0 saturated carbocycles. The number of halogens is 2. The summed E-state index contributed by atoms with van der Waals surface area (Å²) in [5.74, 6) is -0.374. The van der Waals surface area contributed by atoms with Crippen molar-refractivity contribution in [3.8, 4) is 11.3 Å². The van der Waals surface area contributed by atoms with Crippen molar-refractivity contribution in [3.05, 3.63) is 53.9 Å². The van der Waals surface area contributed by atoms with Crippen LogP contribution in [-0.4, -0.2) is 58.8 Å². The number of hydrogen-bond donors (Lipinski definition) is 1. The average molecular weight is 478 g/mol. The zero-order chi connectivity index (χ0) is 24.7. The van der Waals surface area contributed by atoms with Gasteiger partial charge in [0.2, 0.25) is 5.95 Å². The number of aromatic nitrogens is 3.